The Labute approximate surface area is 101 Å². The second-order valence-corrected chi connectivity index (χ2v) is 4.52. The quantitative estimate of drug-likeness (QED) is 0.820. The van der Waals surface area contributed by atoms with Gasteiger partial charge in [-0.1, -0.05) is 6.07 Å². The summed E-state index contributed by atoms with van der Waals surface area (Å²) >= 11 is 0. The van der Waals surface area contributed by atoms with E-state index in [4.69, 9.17) is 0 Å². The summed E-state index contributed by atoms with van der Waals surface area (Å²) in [4.78, 5) is 17.6. The normalized spacial score (nSPS) is 14.2. The largest absolute Gasteiger partial charge is 0.363 e. The Morgan fingerprint density at radius 2 is 2.24 bits per heavy atom. The molecule has 1 aliphatic carbocycles. The molecular weight excluding hydrogens is 216 g/mol. The van der Waals surface area contributed by atoms with Crippen molar-refractivity contribution in [3.63, 3.8) is 0 Å². The average Bonchev–Trinajstić information content (AvgIpc) is 3.11. The van der Waals surface area contributed by atoms with Crippen molar-refractivity contribution in [2.24, 2.45) is 0 Å². The Bertz CT molecular complexity index is 384. The molecule has 0 aromatic carbocycles. The van der Waals surface area contributed by atoms with Crippen molar-refractivity contribution in [2.75, 3.05) is 19.0 Å². The number of aromatic nitrogens is 1. The summed E-state index contributed by atoms with van der Waals surface area (Å²) in [6.07, 6.45) is 3.99. The highest BCUT2D eigenvalue weighted by atomic mass is 16.2. The van der Waals surface area contributed by atoms with Gasteiger partial charge in [0.1, 0.15) is 5.82 Å². The van der Waals surface area contributed by atoms with E-state index in [-0.39, 0.29) is 6.03 Å². The third-order valence-corrected chi connectivity index (χ3v) is 2.63. The minimum absolute atomic E-state index is 0.0933. The first-order chi connectivity index (χ1) is 8.15. The van der Waals surface area contributed by atoms with Crippen molar-refractivity contribution < 1.29 is 4.79 Å². The molecule has 1 aliphatic rings. The first kappa shape index (κ1) is 11.7. The van der Waals surface area contributed by atoms with Gasteiger partial charge in [0.25, 0.3) is 0 Å². The van der Waals surface area contributed by atoms with Crippen LogP contribution >= 0.6 is 0 Å². The fraction of sp³-hybridized carbons (Fsp3) is 0.500. The molecular formula is C12H18N4O. The van der Waals surface area contributed by atoms with Crippen LogP contribution in [0.3, 0.4) is 0 Å². The summed E-state index contributed by atoms with van der Waals surface area (Å²) in [7, 11) is 3.90. The van der Waals surface area contributed by atoms with Crippen LogP contribution in [0.2, 0.25) is 0 Å². The van der Waals surface area contributed by atoms with Gasteiger partial charge in [-0.15, -0.1) is 0 Å². The molecule has 0 saturated heterocycles. The van der Waals surface area contributed by atoms with Gasteiger partial charge in [0.05, 0.1) is 0 Å². The summed E-state index contributed by atoms with van der Waals surface area (Å²) in [6, 6.07) is 4.21. The van der Waals surface area contributed by atoms with E-state index in [2.05, 4.69) is 15.6 Å². The number of carbonyl (C=O) groups is 1. The van der Waals surface area contributed by atoms with Gasteiger partial charge in [0, 0.05) is 32.9 Å². The summed E-state index contributed by atoms with van der Waals surface area (Å²) < 4.78 is 0. The number of carbonyl (C=O) groups excluding carboxylic acids is 1. The highest BCUT2D eigenvalue weighted by Crippen LogP contribution is 2.18. The van der Waals surface area contributed by atoms with Crippen LogP contribution in [0.4, 0.5) is 10.6 Å². The highest BCUT2D eigenvalue weighted by Gasteiger charge is 2.22. The molecule has 0 bridgehead atoms. The van der Waals surface area contributed by atoms with Gasteiger partial charge in [0.15, 0.2) is 0 Å². The molecule has 0 unspecified atom stereocenters. The molecule has 1 aromatic heterocycles. The van der Waals surface area contributed by atoms with Gasteiger partial charge < -0.3 is 15.5 Å². The standard InChI is InChI=1S/C12H18N4O/c1-16(2)11-6-3-9(7-13-11)8-14-12(17)15-10-4-5-10/h3,6-7,10H,4-5,8H2,1-2H3,(H2,14,15,17). The van der Waals surface area contributed by atoms with Gasteiger partial charge in [-0.3, -0.25) is 0 Å². The van der Waals surface area contributed by atoms with Crippen LogP contribution in [0.5, 0.6) is 0 Å². The number of hydrogen-bond donors (Lipinski definition) is 2. The number of amides is 2. The molecule has 1 saturated carbocycles. The van der Waals surface area contributed by atoms with Crippen LogP contribution in [-0.2, 0) is 6.54 Å². The molecule has 0 spiro atoms. The molecule has 0 radical (unpaired) electrons. The maximum Gasteiger partial charge on any atom is 0.315 e. The van der Waals surface area contributed by atoms with Crippen LogP contribution in [0, 0.1) is 0 Å². The number of nitrogens with zero attached hydrogens (tertiary/aromatic N) is 2. The number of rotatable bonds is 4. The van der Waals surface area contributed by atoms with Crippen molar-refractivity contribution in [3.8, 4) is 0 Å². The molecule has 1 aromatic rings. The Balaban J connectivity index is 1.79. The molecule has 2 N–H and O–H groups in total. The molecule has 1 fully saturated rings. The predicted molar refractivity (Wildman–Crippen MR) is 67.0 cm³/mol. The second-order valence-electron chi connectivity index (χ2n) is 4.52. The van der Waals surface area contributed by atoms with E-state index in [1.807, 2.05) is 31.1 Å². The SMILES string of the molecule is CN(C)c1ccc(CNC(=O)NC2CC2)cn1. The Morgan fingerprint density at radius 3 is 2.76 bits per heavy atom. The lowest BCUT2D eigenvalue weighted by molar-refractivity contribution is 0.240. The molecule has 92 valence electrons. The number of pyridine rings is 1. The lowest BCUT2D eigenvalue weighted by Crippen LogP contribution is -2.36. The first-order valence-electron chi connectivity index (χ1n) is 5.82. The van der Waals surface area contributed by atoms with Crippen molar-refractivity contribution >= 4 is 11.8 Å². The Kier molecular flexibility index (Phi) is 3.46. The summed E-state index contributed by atoms with van der Waals surface area (Å²) in [5, 5.41) is 5.69. The topological polar surface area (TPSA) is 57.3 Å². The van der Waals surface area contributed by atoms with Crippen molar-refractivity contribution in [1.29, 1.82) is 0 Å². The molecule has 0 aliphatic heterocycles. The lowest BCUT2D eigenvalue weighted by atomic mass is 10.3. The number of hydrogen-bond acceptors (Lipinski definition) is 3. The Hall–Kier alpha value is -1.78. The fourth-order valence-electron chi connectivity index (χ4n) is 1.43. The summed E-state index contributed by atoms with van der Waals surface area (Å²) in [6.45, 7) is 0.513. The van der Waals surface area contributed by atoms with E-state index < -0.39 is 0 Å². The average molecular weight is 234 g/mol. The molecule has 0 atom stereocenters. The van der Waals surface area contributed by atoms with Crippen molar-refractivity contribution in [1.82, 2.24) is 15.6 Å². The third kappa shape index (κ3) is 3.62. The number of nitrogens with one attached hydrogen (secondary N) is 2. The van der Waals surface area contributed by atoms with Crippen LogP contribution < -0.4 is 15.5 Å². The maximum atomic E-state index is 11.4. The van der Waals surface area contributed by atoms with Crippen molar-refractivity contribution in [3.05, 3.63) is 23.9 Å². The van der Waals surface area contributed by atoms with Gasteiger partial charge in [-0.25, -0.2) is 9.78 Å². The zero-order valence-corrected chi connectivity index (χ0v) is 10.2. The van der Waals surface area contributed by atoms with Gasteiger partial charge >= 0.3 is 6.03 Å². The molecule has 17 heavy (non-hydrogen) atoms. The molecule has 5 heteroatoms. The highest BCUT2D eigenvalue weighted by molar-refractivity contribution is 5.74. The van der Waals surface area contributed by atoms with Gasteiger partial charge in [0.2, 0.25) is 0 Å². The Morgan fingerprint density at radius 1 is 1.47 bits per heavy atom. The smallest absolute Gasteiger partial charge is 0.315 e. The van der Waals surface area contributed by atoms with Crippen molar-refractivity contribution in [2.45, 2.75) is 25.4 Å². The van der Waals surface area contributed by atoms with Gasteiger partial charge in [-0.05, 0) is 24.5 Å². The number of anilines is 1. The van der Waals surface area contributed by atoms with E-state index in [0.717, 1.165) is 24.2 Å². The van der Waals surface area contributed by atoms with E-state index in [0.29, 0.717) is 12.6 Å². The predicted octanol–water partition coefficient (Wildman–Crippen LogP) is 1.11. The maximum absolute atomic E-state index is 11.4. The summed E-state index contributed by atoms with van der Waals surface area (Å²) in [5.41, 5.74) is 1.00. The van der Waals surface area contributed by atoms with Crippen LogP contribution in [-0.4, -0.2) is 31.2 Å². The third-order valence-electron chi connectivity index (χ3n) is 2.63. The van der Waals surface area contributed by atoms with Crippen LogP contribution in [0.15, 0.2) is 18.3 Å². The minimum Gasteiger partial charge on any atom is -0.363 e. The fourth-order valence-corrected chi connectivity index (χ4v) is 1.43. The van der Waals surface area contributed by atoms with Crippen LogP contribution in [0.1, 0.15) is 18.4 Å². The second kappa shape index (κ2) is 5.03. The van der Waals surface area contributed by atoms with E-state index in [9.17, 15) is 4.79 Å². The van der Waals surface area contributed by atoms with E-state index in [1.165, 1.54) is 0 Å². The molecule has 1 heterocycles. The lowest BCUT2D eigenvalue weighted by Gasteiger charge is -2.11. The minimum atomic E-state index is -0.0933. The van der Waals surface area contributed by atoms with E-state index in [1.54, 1.807) is 6.20 Å². The zero-order valence-electron chi connectivity index (χ0n) is 10.2. The van der Waals surface area contributed by atoms with Crippen LogP contribution in [0.25, 0.3) is 0 Å². The number of urea groups is 1. The van der Waals surface area contributed by atoms with E-state index >= 15 is 0 Å². The monoisotopic (exact) mass is 234 g/mol. The summed E-state index contributed by atoms with van der Waals surface area (Å²) in [5.74, 6) is 0.913. The molecule has 5 nitrogen and oxygen atoms in total. The molecule has 2 amide bonds. The first-order valence-corrected chi connectivity index (χ1v) is 5.82. The molecule has 2 rings (SSSR count). The zero-order chi connectivity index (χ0) is 12.3. The van der Waals surface area contributed by atoms with Gasteiger partial charge in [-0.2, -0.15) is 0 Å².